The zero-order valence-electron chi connectivity index (χ0n) is 7.56. The predicted molar refractivity (Wildman–Crippen MR) is 45.1 cm³/mol. The third kappa shape index (κ3) is 1.19. The van der Waals surface area contributed by atoms with Gasteiger partial charge >= 0.3 is 0 Å². The molecule has 6 heteroatoms. The SMILES string of the molecule is OC[C@H]1[C@@H]2[C@@H](O)[C@H](O)[C@@H](O)N2C[C@@H]1O. The summed E-state index contributed by atoms with van der Waals surface area (Å²) in [5, 5.41) is 47.0. The molecule has 0 unspecified atom stereocenters. The number of aliphatic hydroxyl groups excluding tert-OH is 5. The Labute approximate surface area is 81.0 Å². The fourth-order valence-corrected chi connectivity index (χ4v) is 2.48. The summed E-state index contributed by atoms with van der Waals surface area (Å²) in [7, 11) is 0. The van der Waals surface area contributed by atoms with Crippen LogP contribution in [-0.2, 0) is 0 Å². The zero-order valence-corrected chi connectivity index (χ0v) is 7.56. The van der Waals surface area contributed by atoms with Crippen LogP contribution in [0, 0.1) is 5.92 Å². The molecule has 2 heterocycles. The highest BCUT2D eigenvalue weighted by Crippen LogP contribution is 2.36. The van der Waals surface area contributed by atoms with Gasteiger partial charge in [0.05, 0.1) is 18.8 Å². The fourth-order valence-electron chi connectivity index (χ4n) is 2.48. The van der Waals surface area contributed by atoms with Crippen LogP contribution in [0.1, 0.15) is 0 Å². The van der Waals surface area contributed by atoms with Gasteiger partial charge in [-0.1, -0.05) is 0 Å². The fraction of sp³-hybridized carbons (Fsp3) is 1.00. The highest BCUT2D eigenvalue weighted by molar-refractivity contribution is 5.06. The maximum absolute atomic E-state index is 9.58. The molecular formula is C8H15NO5. The van der Waals surface area contributed by atoms with Crippen LogP contribution in [0.15, 0.2) is 0 Å². The van der Waals surface area contributed by atoms with Crippen molar-refractivity contribution in [2.75, 3.05) is 13.2 Å². The van der Waals surface area contributed by atoms with E-state index in [0.29, 0.717) is 0 Å². The van der Waals surface area contributed by atoms with Crippen molar-refractivity contribution in [2.45, 2.75) is 30.6 Å². The highest BCUT2D eigenvalue weighted by atomic mass is 16.4. The van der Waals surface area contributed by atoms with E-state index in [0.717, 1.165) is 0 Å². The first kappa shape index (κ1) is 10.3. The first-order chi connectivity index (χ1) is 6.57. The average Bonchev–Trinajstić information content (AvgIpc) is 2.59. The molecule has 0 aromatic heterocycles. The van der Waals surface area contributed by atoms with Crippen LogP contribution >= 0.6 is 0 Å². The van der Waals surface area contributed by atoms with E-state index >= 15 is 0 Å². The lowest BCUT2D eigenvalue weighted by Gasteiger charge is -2.22. The molecule has 14 heavy (non-hydrogen) atoms. The molecule has 0 aliphatic carbocycles. The Morgan fingerprint density at radius 2 is 1.71 bits per heavy atom. The van der Waals surface area contributed by atoms with Crippen LogP contribution in [-0.4, -0.2) is 74.2 Å². The Bertz CT molecular complexity index is 226. The molecule has 0 radical (unpaired) electrons. The van der Waals surface area contributed by atoms with Gasteiger partial charge in [-0.25, -0.2) is 0 Å². The molecule has 0 saturated carbocycles. The van der Waals surface area contributed by atoms with Gasteiger partial charge in [0.2, 0.25) is 0 Å². The lowest BCUT2D eigenvalue weighted by Crippen LogP contribution is -2.39. The second-order valence-corrected chi connectivity index (χ2v) is 4.00. The van der Waals surface area contributed by atoms with Gasteiger partial charge in [-0.3, -0.25) is 4.90 Å². The summed E-state index contributed by atoms with van der Waals surface area (Å²) in [6.07, 6.45) is -4.25. The molecule has 0 bridgehead atoms. The summed E-state index contributed by atoms with van der Waals surface area (Å²) in [6, 6.07) is -0.556. The minimum Gasteiger partial charge on any atom is -0.396 e. The van der Waals surface area contributed by atoms with Crippen LogP contribution in [0.25, 0.3) is 0 Å². The van der Waals surface area contributed by atoms with Gasteiger partial charge in [0.1, 0.15) is 12.3 Å². The molecule has 0 spiro atoms. The Kier molecular flexibility index (Phi) is 2.50. The normalized spacial score (nSPS) is 53.8. The number of aliphatic hydroxyl groups is 5. The Morgan fingerprint density at radius 3 is 2.29 bits per heavy atom. The van der Waals surface area contributed by atoms with Gasteiger partial charge in [-0.15, -0.1) is 0 Å². The van der Waals surface area contributed by atoms with Gasteiger partial charge in [-0.05, 0) is 0 Å². The Balaban J connectivity index is 2.21. The first-order valence-electron chi connectivity index (χ1n) is 4.66. The van der Waals surface area contributed by atoms with Crippen LogP contribution in [0.3, 0.4) is 0 Å². The molecule has 2 aliphatic rings. The molecule has 2 fully saturated rings. The summed E-state index contributed by atoms with van der Waals surface area (Å²) in [4.78, 5) is 1.43. The molecule has 0 amide bonds. The number of rotatable bonds is 1. The standard InChI is InChI=1S/C8H15NO5/c10-2-3-4(11)1-9-5(3)6(12)7(13)8(9)14/h3-8,10-14H,1-2H2/t3-,4+,5-,6-,7+,8-/m1/s1. The van der Waals surface area contributed by atoms with Crippen molar-refractivity contribution in [3.05, 3.63) is 0 Å². The van der Waals surface area contributed by atoms with E-state index in [1.54, 1.807) is 0 Å². The minimum atomic E-state index is -1.22. The summed E-state index contributed by atoms with van der Waals surface area (Å²) < 4.78 is 0. The van der Waals surface area contributed by atoms with E-state index in [2.05, 4.69) is 0 Å². The Hall–Kier alpha value is -0.240. The van der Waals surface area contributed by atoms with Crippen molar-refractivity contribution in [1.82, 2.24) is 4.90 Å². The van der Waals surface area contributed by atoms with Crippen molar-refractivity contribution >= 4 is 0 Å². The van der Waals surface area contributed by atoms with Crippen LogP contribution in [0.2, 0.25) is 0 Å². The van der Waals surface area contributed by atoms with Gasteiger partial charge < -0.3 is 25.5 Å². The quantitative estimate of drug-likeness (QED) is 0.307. The lowest BCUT2D eigenvalue weighted by molar-refractivity contribution is -0.0611. The van der Waals surface area contributed by atoms with Gasteiger partial charge in [0.25, 0.3) is 0 Å². The molecule has 2 rings (SSSR count). The monoisotopic (exact) mass is 205 g/mol. The molecule has 2 aliphatic heterocycles. The molecule has 6 nitrogen and oxygen atoms in total. The largest absolute Gasteiger partial charge is 0.396 e. The van der Waals surface area contributed by atoms with Crippen LogP contribution in [0.5, 0.6) is 0 Å². The third-order valence-corrected chi connectivity index (χ3v) is 3.27. The van der Waals surface area contributed by atoms with Gasteiger partial charge in [-0.2, -0.15) is 0 Å². The Morgan fingerprint density at radius 1 is 1.07 bits per heavy atom. The third-order valence-electron chi connectivity index (χ3n) is 3.27. The van der Waals surface area contributed by atoms with Crippen molar-refractivity contribution < 1.29 is 25.5 Å². The van der Waals surface area contributed by atoms with Crippen LogP contribution in [0.4, 0.5) is 0 Å². The molecule has 5 N–H and O–H groups in total. The molecule has 2 saturated heterocycles. The van der Waals surface area contributed by atoms with E-state index in [9.17, 15) is 20.4 Å². The van der Waals surface area contributed by atoms with E-state index in [1.165, 1.54) is 4.90 Å². The van der Waals surface area contributed by atoms with Crippen molar-refractivity contribution in [3.8, 4) is 0 Å². The maximum atomic E-state index is 9.58. The summed E-state index contributed by atoms with van der Waals surface area (Å²) in [6.45, 7) is -0.0932. The van der Waals surface area contributed by atoms with Crippen LogP contribution < -0.4 is 0 Å². The molecule has 0 aromatic rings. The van der Waals surface area contributed by atoms with Crippen molar-refractivity contribution in [2.24, 2.45) is 5.92 Å². The maximum Gasteiger partial charge on any atom is 0.136 e. The summed E-state index contributed by atoms with van der Waals surface area (Å²) in [5.74, 6) is -0.503. The van der Waals surface area contributed by atoms with Crippen molar-refractivity contribution in [3.63, 3.8) is 0 Å². The number of nitrogens with zero attached hydrogens (tertiary/aromatic N) is 1. The molecular weight excluding hydrogens is 190 g/mol. The smallest absolute Gasteiger partial charge is 0.136 e. The second-order valence-electron chi connectivity index (χ2n) is 4.00. The van der Waals surface area contributed by atoms with Crippen molar-refractivity contribution in [1.29, 1.82) is 0 Å². The summed E-state index contributed by atoms with van der Waals surface area (Å²) >= 11 is 0. The number of hydrogen-bond acceptors (Lipinski definition) is 6. The van der Waals surface area contributed by atoms with Gasteiger partial charge in [0, 0.05) is 18.5 Å². The minimum absolute atomic E-state index is 0.172. The number of fused-ring (bicyclic) bond motifs is 1. The van der Waals surface area contributed by atoms with E-state index < -0.39 is 36.5 Å². The lowest BCUT2D eigenvalue weighted by atomic mass is 9.94. The topological polar surface area (TPSA) is 104 Å². The van der Waals surface area contributed by atoms with Gasteiger partial charge in [0.15, 0.2) is 0 Å². The van der Waals surface area contributed by atoms with E-state index in [-0.39, 0.29) is 13.2 Å². The first-order valence-corrected chi connectivity index (χ1v) is 4.66. The second kappa shape index (κ2) is 3.41. The zero-order chi connectivity index (χ0) is 10.5. The van der Waals surface area contributed by atoms with E-state index in [4.69, 9.17) is 5.11 Å². The molecule has 0 aromatic carbocycles. The van der Waals surface area contributed by atoms with E-state index in [1.807, 2.05) is 0 Å². The number of hydrogen-bond donors (Lipinski definition) is 5. The molecule has 6 atom stereocenters. The predicted octanol–water partition coefficient (Wildman–Crippen LogP) is -3.31. The average molecular weight is 205 g/mol. The highest BCUT2D eigenvalue weighted by Gasteiger charge is 2.56. The summed E-state index contributed by atoms with van der Waals surface area (Å²) in [5.41, 5.74) is 0. The molecule has 82 valence electrons.